The Bertz CT molecular complexity index is 101. The van der Waals surface area contributed by atoms with E-state index in [0.29, 0.717) is 12.2 Å². The second-order valence-corrected chi connectivity index (χ2v) is 2.61. The molecule has 0 rings (SSSR count). The van der Waals surface area contributed by atoms with Gasteiger partial charge in [0.15, 0.2) is 0 Å². The summed E-state index contributed by atoms with van der Waals surface area (Å²) in [5.74, 6) is 0. The minimum atomic E-state index is 0.410. The molecule has 2 unspecified atom stereocenters. The van der Waals surface area contributed by atoms with Crippen LogP contribution in [0.4, 0.5) is 0 Å². The van der Waals surface area contributed by atoms with Crippen LogP contribution in [0.25, 0.3) is 0 Å². The molecule has 2 heteroatoms. The first-order chi connectivity index (χ1) is 4.63. The summed E-state index contributed by atoms with van der Waals surface area (Å²) in [5.41, 5.74) is 0. The van der Waals surface area contributed by atoms with Gasteiger partial charge in [-0.1, -0.05) is 6.08 Å². The molecular formula is C8H18N2. The van der Waals surface area contributed by atoms with Crippen LogP contribution in [0.15, 0.2) is 12.7 Å². The third-order valence-corrected chi connectivity index (χ3v) is 2.01. The molecule has 0 aliphatic heterocycles. The summed E-state index contributed by atoms with van der Waals surface area (Å²) in [7, 11) is 4.03. The highest BCUT2D eigenvalue weighted by atomic mass is 15.2. The van der Waals surface area contributed by atoms with Crippen molar-refractivity contribution in [3.8, 4) is 0 Å². The van der Waals surface area contributed by atoms with Crippen LogP contribution in [0, 0.1) is 0 Å². The van der Waals surface area contributed by atoms with E-state index in [9.17, 15) is 0 Å². The fourth-order valence-electron chi connectivity index (χ4n) is 0.723. The topological polar surface area (TPSA) is 15.3 Å². The molecule has 2 nitrogen and oxygen atoms in total. The van der Waals surface area contributed by atoms with Crippen molar-refractivity contribution in [3.63, 3.8) is 0 Å². The van der Waals surface area contributed by atoms with E-state index in [2.05, 4.69) is 37.7 Å². The van der Waals surface area contributed by atoms with Crippen molar-refractivity contribution in [2.45, 2.75) is 26.1 Å². The van der Waals surface area contributed by atoms with Gasteiger partial charge in [-0.15, -0.1) is 6.58 Å². The number of nitrogens with zero attached hydrogens (tertiary/aromatic N) is 1. The highest BCUT2D eigenvalue weighted by Gasteiger charge is 2.09. The fraction of sp³-hybridized carbons (Fsp3) is 0.750. The van der Waals surface area contributed by atoms with Gasteiger partial charge in [-0.25, -0.2) is 0 Å². The summed E-state index contributed by atoms with van der Waals surface area (Å²) in [6.07, 6.45) is 2.35. The van der Waals surface area contributed by atoms with Crippen LogP contribution in [0.3, 0.4) is 0 Å². The molecule has 0 aromatic heterocycles. The lowest BCUT2D eigenvalue weighted by Crippen LogP contribution is -2.43. The Morgan fingerprint density at radius 2 is 2.00 bits per heavy atom. The van der Waals surface area contributed by atoms with E-state index in [4.69, 9.17) is 0 Å². The number of nitrogens with one attached hydrogen (secondary N) is 1. The fourth-order valence-corrected chi connectivity index (χ4v) is 0.723. The lowest BCUT2D eigenvalue weighted by molar-refractivity contribution is 0.202. The summed E-state index contributed by atoms with van der Waals surface area (Å²) in [5, 5.41) is 3.16. The van der Waals surface area contributed by atoms with Crippen LogP contribution in [-0.2, 0) is 0 Å². The molecule has 0 radical (unpaired) electrons. The van der Waals surface area contributed by atoms with Gasteiger partial charge in [0.1, 0.15) is 0 Å². The zero-order chi connectivity index (χ0) is 8.15. The summed E-state index contributed by atoms with van der Waals surface area (Å²) in [6, 6.07) is 0.433. The molecule has 0 saturated carbocycles. The molecule has 0 heterocycles. The molecular weight excluding hydrogens is 124 g/mol. The Kier molecular flexibility index (Phi) is 4.32. The van der Waals surface area contributed by atoms with Crippen LogP contribution >= 0.6 is 0 Å². The van der Waals surface area contributed by atoms with E-state index in [1.165, 1.54) is 0 Å². The largest absolute Gasteiger partial charge is 0.305 e. The number of rotatable bonds is 4. The molecule has 0 bridgehead atoms. The molecule has 0 amide bonds. The molecule has 0 saturated heterocycles. The minimum absolute atomic E-state index is 0.410. The van der Waals surface area contributed by atoms with E-state index in [0.717, 1.165) is 0 Å². The first-order valence-electron chi connectivity index (χ1n) is 3.65. The summed E-state index contributed by atoms with van der Waals surface area (Å²) in [4.78, 5) is 2.22. The van der Waals surface area contributed by atoms with Crippen molar-refractivity contribution in [1.29, 1.82) is 0 Å². The van der Waals surface area contributed by atoms with Crippen molar-refractivity contribution in [3.05, 3.63) is 12.7 Å². The van der Waals surface area contributed by atoms with E-state index in [1.54, 1.807) is 0 Å². The minimum Gasteiger partial charge on any atom is -0.305 e. The lowest BCUT2D eigenvalue weighted by atomic mass is 10.3. The Morgan fingerprint density at radius 1 is 1.50 bits per heavy atom. The third-order valence-electron chi connectivity index (χ3n) is 2.01. The maximum Gasteiger partial charge on any atom is 0.0567 e. The highest BCUT2D eigenvalue weighted by Crippen LogP contribution is 1.99. The van der Waals surface area contributed by atoms with Gasteiger partial charge < -0.3 is 5.32 Å². The van der Waals surface area contributed by atoms with Gasteiger partial charge in [-0.2, -0.15) is 0 Å². The summed E-state index contributed by atoms with van der Waals surface area (Å²) < 4.78 is 0. The molecule has 0 aromatic rings. The average Bonchev–Trinajstić information content (AvgIpc) is 2.00. The molecule has 60 valence electrons. The van der Waals surface area contributed by atoms with Gasteiger partial charge in [-0.3, -0.25) is 4.90 Å². The van der Waals surface area contributed by atoms with Crippen LogP contribution in [0.1, 0.15) is 13.8 Å². The Labute approximate surface area is 63.9 Å². The number of hydrogen-bond acceptors (Lipinski definition) is 2. The van der Waals surface area contributed by atoms with Gasteiger partial charge in [0.25, 0.3) is 0 Å². The molecule has 0 spiro atoms. The van der Waals surface area contributed by atoms with Crippen molar-refractivity contribution in [2.75, 3.05) is 14.1 Å². The normalized spacial score (nSPS) is 16.9. The molecule has 2 atom stereocenters. The van der Waals surface area contributed by atoms with Crippen molar-refractivity contribution >= 4 is 0 Å². The molecule has 10 heavy (non-hydrogen) atoms. The second-order valence-electron chi connectivity index (χ2n) is 2.61. The van der Waals surface area contributed by atoms with Gasteiger partial charge in [-0.05, 0) is 27.9 Å². The second kappa shape index (κ2) is 4.47. The first kappa shape index (κ1) is 9.66. The smallest absolute Gasteiger partial charge is 0.0567 e. The summed E-state index contributed by atoms with van der Waals surface area (Å²) in [6.45, 7) is 7.98. The average molecular weight is 142 g/mol. The number of hydrogen-bond donors (Lipinski definition) is 1. The van der Waals surface area contributed by atoms with Crippen LogP contribution < -0.4 is 5.32 Å². The van der Waals surface area contributed by atoms with Gasteiger partial charge >= 0.3 is 0 Å². The van der Waals surface area contributed by atoms with Gasteiger partial charge in [0, 0.05) is 6.04 Å². The van der Waals surface area contributed by atoms with Crippen molar-refractivity contribution < 1.29 is 0 Å². The Morgan fingerprint density at radius 3 is 2.30 bits per heavy atom. The maximum atomic E-state index is 3.73. The molecule has 0 aliphatic carbocycles. The maximum absolute atomic E-state index is 3.73. The SMILES string of the molecule is C=CC(C)N(C)C(C)NC. The zero-order valence-electron chi connectivity index (χ0n) is 7.39. The van der Waals surface area contributed by atoms with E-state index in [1.807, 2.05) is 13.1 Å². The summed E-state index contributed by atoms with van der Waals surface area (Å²) >= 11 is 0. The number of likely N-dealkylation sites (N-methyl/N-ethyl adjacent to an activating group) is 1. The van der Waals surface area contributed by atoms with E-state index < -0.39 is 0 Å². The molecule has 0 fully saturated rings. The molecule has 0 aliphatic rings. The predicted molar refractivity (Wildman–Crippen MR) is 45.9 cm³/mol. The van der Waals surface area contributed by atoms with Crippen LogP contribution in [0.5, 0.6) is 0 Å². The lowest BCUT2D eigenvalue weighted by Gasteiger charge is -2.28. The van der Waals surface area contributed by atoms with Crippen molar-refractivity contribution in [2.24, 2.45) is 0 Å². The third kappa shape index (κ3) is 2.50. The van der Waals surface area contributed by atoms with Crippen LogP contribution in [0.2, 0.25) is 0 Å². The standard InChI is InChI=1S/C8H18N2/c1-6-7(2)10(5)8(3)9-4/h6-9H,1H2,2-5H3. The van der Waals surface area contributed by atoms with Crippen molar-refractivity contribution in [1.82, 2.24) is 10.2 Å². The van der Waals surface area contributed by atoms with Gasteiger partial charge in [0.05, 0.1) is 6.17 Å². The van der Waals surface area contributed by atoms with Crippen LogP contribution in [-0.4, -0.2) is 31.2 Å². The molecule has 0 aromatic carbocycles. The zero-order valence-corrected chi connectivity index (χ0v) is 7.39. The Balaban J connectivity index is 3.80. The quantitative estimate of drug-likeness (QED) is 0.466. The first-order valence-corrected chi connectivity index (χ1v) is 3.65. The van der Waals surface area contributed by atoms with Gasteiger partial charge in [0.2, 0.25) is 0 Å². The molecule has 1 N–H and O–H groups in total. The van der Waals surface area contributed by atoms with E-state index >= 15 is 0 Å². The highest BCUT2D eigenvalue weighted by molar-refractivity contribution is 4.83. The predicted octanol–water partition coefficient (Wildman–Crippen LogP) is 1.06. The van der Waals surface area contributed by atoms with E-state index in [-0.39, 0.29) is 0 Å². The monoisotopic (exact) mass is 142 g/mol. The Hall–Kier alpha value is -0.340.